The topological polar surface area (TPSA) is 84.6 Å². The lowest BCUT2D eigenvalue weighted by Crippen LogP contribution is -2.51. The number of carbonyl (C=O) groups excluding carboxylic acids is 1. The number of carbonyl (C=O) groups is 1. The number of hydrogen-bond donors (Lipinski definition) is 1. The van der Waals surface area contributed by atoms with Gasteiger partial charge in [0.25, 0.3) is 0 Å². The Kier molecular flexibility index (Phi) is 5.24. The van der Waals surface area contributed by atoms with Crippen molar-refractivity contribution in [2.45, 2.75) is 37.7 Å². The highest BCUT2D eigenvalue weighted by Gasteiger charge is 2.43. The molecule has 8 heteroatoms. The molecule has 0 aliphatic carbocycles. The van der Waals surface area contributed by atoms with E-state index in [0.29, 0.717) is 11.7 Å². The maximum atomic E-state index is 13.1. The second kappa shape index (κ2) is 7.90. The van der Waals surface area contributed by atoms with Crippen molar-refractivity contribution in [3.63, 3.8) is 0 Å². The highest BCUT2D eigenvalue weighted by Crippen LogP contribution is 2.46. The number of nitrogens with two attached hydrogens (primary N) is 1. The zero-order chi connectivity index (χ0) is 20.7. The Morgan fingerprint density at radius 2 is 2.10 bits per heavy atom. The van der Waals surface area contributed by atoms with Crippen molar-refractivity contribution in [1.29, 1.82) is 0 Å². The number of piperidine rings is 2. The summed E-state index contributed by atoms with van der Waals surface area (Å²) >= 11 is 1.78. The zero-order valence-corrected chi connectivity index (χ0v) is 18.3. The Labute approximate surface area is 181 Å². The van der Waals surface area contributed by atoms with Gasteiger partial charge in [0.05, 0.1) is 41.1 Å². The van der Waals surface area contributed by atoms with Crippen molar-refractivity contribution >= 4 is 23.1 Å². The Hall–Kier alpha value is -2.03. The molecule has 1 spiro atoms. The van der Waals surface area contributed by atoms with Gasteiger partial charge in [-0.25, -0.2) is 9.97 Å². The predicted octanol–water partition coefficient (Wildman–Crippen LogP) is 2.52. The van der Waals surface area contributed by atoms with E-state index >= 15 is 0 Å². The fraction of sp³-hybridized carbons (Fsp3) is 0.591. The third-order valence-electron chi connectivity index (χ3n) is 6.79. The van der Waals surface area contributed by atoms with Crippen molar-refractivity contribution in [2.75, 3.05) is 45.6 Å². The molecular formula is C22H29N5O2S. The van der Waals surface area contributed by atoms with E-state index in [1.807, 2.05) is 0 Å². The van der Waals surface area contributed by atoms with Crippen LogP contribution in [-0.4, -0.2) is 65.5 Å². The third kappa shape index (κ3) is 3.61. The highest BCUT2D eigenvalue weighted by atomic mass is 32.1. The number of nitrogens with zero attached hydrogens (tertiary/aromatic N) is 4. The summed E-state index contributed by atoms with van der Waals surface area (Å²) in [5, 5.41) is 0. The van der Waals surface area contributed by atoms with Crippen LogP contribution in [-0.2, 0) is 21.6 Å². The molecule has 3 aliphatic heterocycles. The first-order valence-corrected chi connectivity index (χ1v) is 11.7. The molecule has 1 atom stereocenters. The maximum Gasteiger partial charge on any atom is 0.226 e. The van der Waals surface area contributed by atoms with Gasteiger partial charge in [-0.2, -0.15) is 0 Å². The molecule has 2 aromatic heterocycles. The van der Waals surface area contributed by atoms with Gasteiger partial charge in [-0.15, -0.1) is 11.3 Å². The number of amides is 1. The van der Waals surface area contributed by atoms with Gasteiger partial charge >= 0.3 is 0 Å². The fourth-order valence-electron chi connectivity index (χ4n) is 5.14. The average molecular weight is 428 g/mol. The number of likely N-dealkylation sites (tertiary alicyclic amines) is 2. The molecule has 0 radical (unpaired) electrons. The van der Waals surface area contributed by atoms with Crippen molar-refractivity contribution in [3.8, 4) is 10.6 Å². The second-order valence-electron chi connectivity index (χ2n) is 8.79. The Morgan fingerprint density at radius 1 is 1.27 bits per heavy atom. The molecule has 1 unspecified atom stereocenters. The predicted molar refractivity (Wildman–Crippen MR) is 117 cm³/mol. The molecule has 2 N–H and O–H groups in total. The number of thiophene rings is 1. The van der Waals surface area contributed by atoms with Crippen LogP contribution < -0.4 is 5.73 Å². The van der Waals surface area contributed by atoms with Gasteiger partial charge in [0.15, 0.2) is 0 Å². The van der Waals surface area contributed by atoms with E-state index in [0.717, 1.165) is 75.5 Å². The summed E-state index contributed by atoms with van der Waals surface area (Å²) in [6, 6.07) is 2.23. The first-order chi connectivity index (χ1) is 14.5. The molecule has 0 bridgehead atoms. The minimum Gasteiger partial charge on any atom is -0.382 e. The van der Waals surface area contributed by atoms with E-state index in [1.165, 1.54) is 10.4 Å². The van der Waals surface area contributed by atoms with E-state index in [1.54, 1.807) is 23.7 Å². The first-order valence-electron chi connectivity index (χ1n) is 10.9. The van der Waals surface area contributed by atoms with Gasteiger partial charge in [0.2, 0.25) is 5.91 Å². The minimum atomic E-state index is -0.274. The van der Waals surface area contributed by atoms with Crippen molar-refractivity contribution < 1.29 is 9.53 Å². The summed E-state index contributed by atoms with van der Waals surface area (Å²) < 4.78 is 6.40. The largest absolute Gasteiger partial charge is 0.382 e. The Bertz CT molecular complexity index is 920. The van der Waals surface area contributed by atoms with Crippen LogP contribution in [0.15, 0.2) is 18.5 Å². The number of rotatable bonds is 2. The van der Waals surface area contributed by atoms with Crippen LogP contribution in [0.25, 0.3) is 10.6 Å². The lowest BCUT2D eigenvalue weighted by molar-refractivity contribution is -0.146. The second-order valence-corrected chi connectivity index (χ2v) is 9.93. The molecule has 7 nitrogen and oxygen atoms in total. The lowest BCUT2D eigenvalue weighted by atomic mass is 9.81. The number of nitrogen functional groups attached to an aromatic ring is 1. The van der Waals surface area contributed by atoms with Crippen LogP contribution in [0.2, 0.25) is 0 Å². The summed E-state index contributed by atoms with van der Waals surface area (Å²) in [4.78, 5) is 28.5. The summed E-state index contributed by atoms with van der Waals surface area (Å²) in [5.41, 5.74) is 7.56. The van der Waals surface area contributed by atoms with Gasteiger partial charge in [-0.1, -0.05) is 0 Å². The van der Waals surface area contributed by atoms with Crippen LogP contribution in [0.3, 0.4) is 0 Å². The van der Waals surface area contributed by atoms with Gasteiger partial charge in [-0.05, 0) is 50.9 Å². The number of aromatic nitrogens is 2. The van der Waals surface area contributed by atoms with E-state index < -0.39 is 0 Å². The normalized spacial score (nSPS) is 24.0. The van der Waals surface area contributed by atoms with E-state index in [2.05, 4.69) is 32.9 Å². The summed E-state index contributed by atoms with van der Waals surface area (Å²) in [6.07, 6.45) is 8.12. The SMILES string of the molecule is CN1CCCC(C(=O)N2CCC3(CC2)OCCc2sc(-c4cnc(N)cn4)cc23)C1. The van der Waals surface area contributed by atoms with Crippen LogP contribution in [0.5, 0.6) is 0 Å². The van der Waals surface area contributed by atoms with Crippen molar-refractivity contribution in [3.05, 3.63) is 28.9 Å². The summed E-state index contributed by atoms with van der Waals surface area (Å²) in [7, 11) is 2.11. The van der Waals surface area contributed by atoms with Crippen LogP contribution in [0.1, 0.15) is 36.1 Å². The number of anilines is 1. The van der Waals surface area contributed by atoms with Crippen LogP contribution in [0.4, 0.5) is 5.82 Å². The molecule has 160 valence electrons. The van der Waals surface area contributed by atoms with Gasteiger partial charge < -0.3 is 20.3 Å². The number of ether oxygens (including phenoxy) is 1. The fourth-order valence-corrected chi connectivity index (χ4v) is 6.33. The van der Waals surface area contributed by atoms with Gasteiger partial charge in [0.1, 0.15) is 5.82 Å². The zero-order valence-electron chi connectivity index (χ0n) is 17.5. The van der Waals surface area contributed by atoms with Gasteiger partial charge in [0, 0.05) is 30.9 Å². The quantitative estimate of drug-likeness (QED) is 0.793. The minimum absolute atomic E-state index is 0.150. The standard InChI is InChI=1S/C22H29N5O2S/c1-26-7-2-3-15(14-26)21(28)27-8-5-22(6-9-27)16-11-19(30-18(16)4-10-29-22)17-12-25-20(23)13-24-17/h11-13,15H,2-10,14H2,1H3,(H2,23,25). The molecule has 0 saturated carbocycles. The highest BCUT2D eigenvalue weighted by molar-refractivity contribution is 7.15. The van der Waals surface area contributed by atoms with E-state index in [4.69, 9.17) is 10.5 Å². The molecule has 2 fully saturated rings. The smallest absolute Gasteiger partial charge is 0.226 e. The molecule has 30 heavy (non-hydrogen) atoms. The molecule has 2 saturated heterocycles. The molecule has 3 aliphatic rings. The monoisotopic (exact) mass is 427 g/mol. The average Bonchev–Trinajstić information content (AvgIpc) is 3.20. The number of fused-ring (bicyclic) bond motifs is 2. The molecule has 5 rings (SSSR count). The Morgan fingerprint density at radius 3 is 2.83 bits per heavy atom. The molecule has 5 heterocycles. The van der Waals surface area contributed by atoms with Gasteiger partial charge in [-0.3, -0.25) is 4.79 Å². The lowest BCUT2D eigenvalue weighted by Gasteiger charge is -2.45. The van der Waals surface area contributed by atoms with E-state index in [9.17, 15) is 4.79 Å². The molecule has 0 aromatic carbocycles. The first kappa shape index (κ1) is 19.9. The molecule has 2 aromatic rings. The van der Waals surface area contributed by atoms with Crippen molar-refractivity contribution in [2.24, 2.45) is 5.92 Å². The van der Waals surface area contributed by atoms with Crippen molar-refractivity contribution in [1.82, 2.24) is 19.8 Å². The van der Waals surface area contributed by atoms with E-state index in [-0.39, 0.29) is 11.5 Å². The Balaban J connectivity index is 1.33. The van der Waals surface area contributed by atoms with Crippen LogP contribution >= 0.6 is 11.3 Å². The summed E-state index contributed by atoms with van der Waals surface area (Å²) in [5.74, 6) is 0.911. The molecule has 1 amide bonds. The third-order valence-corrected chi connectivity index (χ3v) is 8.01. The number of hydrogen-bond acceptors (Lipinski definition) is 7. The van der Waals surface area contributed by atoms with Crippen LogP contribution in [0, 0.1) is 5.92 Å². The molecular weight excluding hydrogens is 398 g/mol. The maximum absolute atomic E-state index is 13.1. The summed E-state index contributed by atoms with van der Waals surface area (Å²) in [6.45, 7) is 4.26.